The van der Waals surface area contributed by atoms with Gasteiger partial charge in [-0.2, -0.15) is 0 Å². The molecule has 0 aromatic heterocycles. The summed E-state index contributed by atoms with van der Waals surface area (Å²) in [6.45, 7) is 0. The summed E-state index contributed by atoms with van der Waals surface area (Å²) < 4.78 is 10.4. The third-order valence-electron chi connectivity index (χ3n) is 3.45. The van der Waals surface area contributed by atoms with Crippen molar-refractivity contribution in [3.8, 4) is 17.2 Å². The van der Waals surface area contributed by atoms with Gasteiger partial charge in [0, 0.05) is 23.6 Å². The predicted octanol–water partition coefficient (Wildman–Crippen LogP) is 1.78. The van der Waals surface area contributed by atoms with E-state index in [1.165, 1.54) is 32.4 Å². The van der Waals surface area contributed by atoms with E-state index in [0.29, 0.717) is 22.7 Å². The molecule has 4 N–H and O–H groups in total. The molecule has 6 nitrogen and oxygen atoms in total. The Hall–Kier alpha value is -2.73. The first-order chi connectivity index (χ1) is 11.0. The molecule has 2 aromatic carbocycles. The van der Waals surface area contributed by atoms with Crippen molar-refractivity contribution in [2.45, 2.75) is 12.5 Å². The number of aliphatic hydroxyl groups is 1. The van der Waals surface area contributed by atoms with Gasteiger partial charge >= 0.3 is 0 Å². The average Bonchev–Trinajstić information content (AvgIpc) is 2.53. The van der Waals surface area contributed by atoms with E-state index in [1.54, 1.807) is 18.2 Å². The number of nitrogen functional groups attached to an aromatic ring is 1. The van der Waals surface area contributed by atoms with Crippen molar-refractivity contribution in [2.24, 2.45) is 0 Å². The van der Waals surface area contributed by atoms with Crippen LogP contribution in [0.15, 0.2) is 36.4 Å². The summed E-state index contributed by atoms with van der Waals surface area (Å²) in [5.41, 5.74) is 7.04. The minimum atomic E-state index is -1.29. The Bertz CT molecular complexity index is 714. The lowest BCUT2D eigenvalue weighted by molar-refractivity contribution is 0.0746. The lowest BCUT2D eigenvalue weighted by atomic mass is 9.98. The number of Topliss-reactive ketones (excluding diaryl/α,β-unsaturated/α-hetero) is 1. The minimum Gasteiger partial charge on any atom is -0.508 e. The third kappa shape index (κ3) is 3.73. The Morgan fingerprint density at radius 1 is 1.22 bits per heavy atom. The molecule has 0 amide bonds. The van der Waals surface area contributed by atoms with E-state index < -0.39 is 11.9 Å². The number of nitrogens with two attached hydrogens (primary N) is 1. The van der Waals surface area contributed by atoms with E-state index in [9.17, 15) is 15.0 Å². The van der Waals surface area contributed by atoms with Crippen molar-refractivity contribution in [3.05, 3.63) is 47.5 Å². The lowest BCUT2D eigenvalue weighted by Gasteiger charge is -2.16. The highest BCUT2D eigenvalue weighted by Crippen LogP contribution is 2.32. The van der Waals surface area contributed by atoms with Gasteiger partial charge in [-0.05, 0) is 18.2 Å². The van der Waals surface area contributed by atoms with Crippen LogP contribution in [-0.2, 0) is 6.42 Å². The Kier molecular flexibility index (Phi) is 5.08. The van der Waals surface area contributed by atoms with Crippen LogP contribution < -0.4 is 15.2 Å². The van der Waals surface area contributed by atoms with Crippen molar-refractivity contribution < 1.29 is 24.5 Å². The quantitative estimate of drug-likeness (QED) is 0.554. The summed E-state index contributed by atoms with van der Waals surface area (Å²) in [5, 5.41) is 19.7. The molecule has 0 radical (unpaired) electrons. The first-order valence-electron chi connectivity index (χ1n) is 6.98. The number of carbonyl (C=O) groups is 1. The monoisotopic (exact) mass is 317 g/mol. The zero-order valence-corrected chi connectivity index (χ0v) is 12.9. The van der Waals surface area contributed by atoms with Gasteiger partial charge < -0.3 is 25.4 Å². The van der Waals surface area contributed by atoms with E-state index in [4.69, 9.17) is 15.2 Å². The second-order valence-corrected chi connectivity index (χ2v) is 5.04. The third-order valence-corrected chi connectivity index (χ3v) is 3.45. The van der Waals surface area contributed by atoms with Crippen molar-refractivity contribution in [2.75, 3.05) is 20.0 Å². The van der Waals surface area contributed by atoms with Crippen molar-refractivity contribution >= 4 is 11.5 Å². The maximum Gasteiger partial charge on any atom is 0.191 e. The smallest absolute Gasteiger partial charge is 0.191 e. The van der Waals surface area contributed by atoms with Gasteiger partial charge in [-0.1, -0.05) is 12.1 Å². The van der Waals surface area contributed by atoms with E-state index >= 15 is 0 Å². The molecule has 23 heavy (non-hydrogen) atoms. The standard InChI is InChI=1S/C17H19NO5/c1-22-13-7-11(17(23-2)14(18)9-13)8-15(20)16(21)10-4-3-5-12(19)6-10/h3-7,9,15,19-20H,8,18H2,1-2H3. The number of phenols is 1. The second-order valence-electron chi connectivity index (χ2n) is 5.04. The van der Waals surface area contributed by atoms with Crippen molar-refractivity contribution in [3.63, 3.8) is 0 Å². The van der Waals surface area contributed by atoms with Crippen LogP contribution in [0.3, 0.4) is 0 Å². The zero-order valence-electron chi connectivity index (χ0n) is 12.9. The molecule has 0 aliphatic carbocycles. The van der Waals surface area contributed by atoms with Gasteiger partial charge in [-0.15, -0.1) is 0 Å². The molecule has 2 rings (SSSR count). The van der Waals surface area contributed by atoms with Crippen LogP contribution in [0.2, 0.25) is 0 Å². The van der Waals surface area contributed by atoms with E-state index in [-0.39, 0.29) is 17.7 Å². The SMILES string of the molecule is COc1cc(N)c(OC)c(CC(O)C(=O)c2cccc(O)c2)c1. The number of aliphatic hydroxyl groups excluding tert-OH is 1. The van der Waals surface area contributed by atoms with Crippen LogP contribution in [-0.4, -0.2) is 36.3 Å². The van der Waals surface area contributed by atoms with Crippen LogP contribution in [0.1, 0.15) is 15.9 Å². The molecule has 1 unspecified atom stereocenters. The van der Waals surface area contributed by atoms with Gasteiger partial charge in [0.15, 0.2) is 5.78 Å². The van der Waals surface area contributed by atoms with E-state index in [1.807, 2.05) is 0 Å². The summed E-state index contributed by atoms with van der Waals surface area (Å²) in [6.07, 6.45) is -1.28. The van der Waals surface area contributed by atoms with Crippen LogP contribution in [0, 0.1) is 0 Å². The summed E-state index contributed by atoms with van der Waals surface area (Å²) in [4.78, 5) is 12.3. The number of rotatable bonds is 6. The summed E-state index contributed by atoms with van der Waals surface area (Å²) in [5.74, 6) is 0.375. The summed E-state index contributed by atoms with van der Waals surface area (Å²) in [6, 6.07) is 9.10. The molecule has 2 aromatic rings. The Morgan fingerprint density at radius 3 is 2.57 bits per heavy atom. The van der Waals surface area contributed by atoms with Gasteiger partial charge in [-0.3, -0.25) is 4.79 Å². The van der Waals surface area contributed by atoms with Gasteiger partial charge in [0.25, 0.3) is 0 Å². The number of methoxy groups -OCH3 is 2. The molecule has 0 bridgehead atoms. The number of carbonyl (C=O) groups excluding carboxylic acids is 1. The van der Waals surface area contributed by atoms with Gasteiger partial charge in [-0.25, -0.2) is 0 Å². The van der Waals surface area contributed by atoms with Crippen LogP contribution in [0.5, 0.6) is 17.2 Å². The molecular weight excluding hydrogens is 298 g/mol. The van der Waals surface area contributed by atoms with E-state index in [0.717, 1.165) is 0 Å². The molecule has 0 aliphatic heterocycles. The van der Waals surface area contributed by atoms with Crippen LogP contribution in [0.4, 0.5) is 5.69 Å². The van der Waals surface area contributed by atoms with Gasteiger partial charge in [0.1, 0.15) is 23.4 Å². The number of phenolic OH excluding ortho intramolecular Hbond substituents is 1. The van der Waals surface area contributed by atoms with Crippen LogP contribution >= 0.6 is 0 Å². The highest BCUT2D eigenvalue weighted by atomic mass is 16.5. The Morgan fingerprint density at radius 2 is 1.96 bits per heavy atom. The van der Waals surface area contributed by atoms with Gasteiger partial charge in [0.05, 0.1) is 19.9 Å². The fourth-order valence-electron chi connectivity index (χ4n) is 2.35. The minimum absolute atomic E-state index is 0.0130. The first-order valence-corrected chi connectivity index (χ1v) is 6.98. The first kappa shape index (κ1) is 16.6. The highest BCUT2D eigenvalue weighted by Gasteiger charge is 2.21. The number of ether oxygens (including phenoxy) is 2. The predicted molar refractivity (Wildman–Crippen MR) is 86.1 cm³/mol. The average molecular weight is 317 g/mol. The molecule has 0 saturated heterocycles. The molecule has 0 heterocycles. The number of hydrogen-bond donors (Lipinski definition) is 3. The lowest BCUT2D eigenvalue weighted by Crippen LogP contribution is -2.23. The molecular formula is C17H19NO5. The molecule has 0 spiro atoms. The number of anilines is 1. The topological polar surface area (TPSA) is 102 Å². The van der Waals surface area contributed by atoms with Gasteiger partial charge in [0.2, 0.25) is 0 Å². The van der Waals surface area contributed by atoms with Crippen molar-refractivity contribution in [1.29, 1.82) is 0 Å². The summed E-state index contributed by atoms with van der Waals surface area (Å²) in [7, 11) is 2.96. The molecule has 0 fully saturated rings. The second kappa shape index (κ2) is 7.02. The number of hydrogen-bond acceptors (Lipinski definition) is 6. The number of aromatic hydroxyl groups is 1. The molecule has 0 saturated carbocycles. The highest BCUT2D eigenvalue weighted by molar-refractivity contribution is 5.99. The van der Waals surface area contributed by atoms with Crippen molar-refractivity contribution in [1.82, 2.24) is 0 Å². The normalized spacial score (nSPS) is 11.8. The van der Waals surface area contributed by atoms with E-state index in [2.05, 4.69) is 0 Å². The maximum atomic E-state index is 12.3. The zero-order chi connectivity index (χ0) is 17.0. The Balaban J connectivity index is 2.27. The fraction of sp³-hybridized carbons (Fsp3) is 0.235. The molecule has 122 valence electrons. The fourth-order valence-corrected chi connectivity index (χ4v) is 2.35. The van der Waals surface area contributed by atoms with Crippen LogP contribution in [0.25, 0.3) is 0 Å². The summed E-state index contributed by atoms with van der Waals surface area (Å²) >= 11 is 0. The largest absolute Gasteiger partial charge is 0.508 e. The number of ketones is 1. The molecule has 1 atom stereocenters. The number of benzene rings is 2. The maximum absolute atomic E-state index is 12.3. The molecule has 6 heteroatoms. The molecule has 0 aliphatic rings. The Labute approximate surface area is 134 Å².